The summed E-state index contributed by atoms with van der Waals surface area (Å²) in [6.45, 7) is 0. The van der Waals surface area contributed by atoms with Gasteiger partial charge in [-0.05, 0) is 41.6 Å². The number of hydrogen-bond acceptors (Lipinski definition) is 3. The van der Waals surface area contributed by atoms with Gasteiger partial charge in [-0.15, -0.1) is 0 Å². The quantitative estimate of drug-likeness (QED) is 0.669. The lowest BCUT2D eigenvalue weighted by molar-refractivity contribution is 0.746. The minimum atomic E-state index is 0.921. The van der Waals surface area contributed by atoms with Crippen LogP contribution in [-0.2, 0) is 0 Å². The molecule has 105 valence electrons. The molecular formula is C18H15BN3. The molecule has 0 spiro atoms. The lowest BCUT2D eigenvalue weighted by Crippen LogP contribution is -2.26. The third kappa shape index (κ3) is 2.33. The zero-order valence-corrected chi connectivity index (χ0v) is 12.3. The molecule has 0 fully saturated rings. The van der Waals surface area contributed by atoms with Gasteiger partial charge in [0.15, 0.2) is 0 Å². The van der Waals surface area contributed by atoms with Crippen LogP contribution in [0.3, 0.4) is 0 Å². The lowest BCUT2D eigenvalue weighted by Gasteiger charge is -2.15. The summed E-state index contributed by atoms with van der Waals surface area (Å²) in [7, 11) is 4.00. The molecule has 1 radical (unpaired) electrons. The number of pyridine rings is 1. The normalized spacial score (nSPS) is 13.7. The second kappa shape index (κ2) is 5.22. The van der Waals surface area contributed by atoms with Gasteiger partial charge in [-0.2, -0.15) is 0 Å². The average molecular weight is 284 g/mol. The van der Waals surface area contributed by atoms with E-state index >= 15 is 0 Å². The number of aromatic nitrogens is 1. The van der Waals surface area contributed by atoms with E-state index in [1.54, 1.807) is 0 Å². The SMILES string of the molecule is CN1[B]N(c2ccc(-c3ccc4ccccc4c3)cn2)C=C1. The highest BCUT2D eigenvalue weighted by Gasteiger charge is 2.15. The molecule has 3 aromatic rings. The molecule has 0 amide bonds. The summed E-state index contributed by atoms with van der Waals surface area (Å²) < 4.78 is 0. The van der Waals surface area contributed by atoms with Crippen molar-refractivity contribution in [2.75, 3.05) is 11.9 Å². The summed E-state index contributed by atoms with van der Waals surface area (Å²) in [6, 6.07) is 19.1. The molecule has 0 atom stereocenters. The van der Waals surface area contributed by atoms with Crippen molar-refractivity contribution in [1.82, 2.24) is 9.79 Å². The van der Waals surface area contributed by atoms with E-state index in [9.17, 15) is 0 Å². The zero-order valence-electron chi connectivity index (χ0n) is 12.3. The predicted octanol–water partition coefficient (Wildman–Crippen LogP) is 3.66. The van der Waals surface area contributed by atoms with Gasteiger partial charge in [0, 0.05) is 24.2 Å². The lowest BCUT2D eigenvalue weighted by atomic mass is 10.0. The summed E-state index contributed by atoms with van der Waals surface area (Å²) >= 11 is 0. The van der Waals surface area contributed by atoms with Crippen LogP contribution >= 0.6 is 0 Å². The third-order valence-electron chi connectivity index (χ3n) is 3.86. The fourth-order valence-corrected chi connectivity index (χ4v) is 2.66. The van der Waals surface area contributed by atoms with Gasteiger partial charge in [0.1, 0.15) is 5.82 Å². The average Bonchev–Trinajstić information content (AvgIpc) is 3.01. The topological polar surface area (TPSA) is 19.4 Å². The Morgan fingerprint density at radius 3 is 2.41 bits per heavy atom. The highest BCUT2D eigenvalue weighted by molar-refractivity contribution is 6.40. The van der Waals surface area contributed by atoms with Crippen LogP contribution in [0.15, 0.2) is 73.2 Å². The predicted molar refractivity (Wildman–Crippen MR) is 92.3 cm³/mol. The maximum atomic E-state index is 4.57. The van der Waals surface area contributed by atoms with E-state index in [0.29, 0.717) is 0 Å². The number of nitrogens with zero attached hydrogens (tertiary/aromatic N) is 3. The van der Waals surface area contributed by atoms with E-state index < -0.39 is 0 Å². The molecule has 22 heavy (non-hydrogen) atoms. The van der Waals surface area contributed by atoms with Crippen molar-refractivity contribution in [3.8, 4) is 11.1 Å². The van der Waals surface area contributed by atoms with Gasteiger partial charge in [-0.3, -0.25) is 0 Å². The minimum Gasteiger partial charge on any atom is -0.406 e. The van der Waals surface area contributed by atoms with Crippen molar-refractivity contribution in [2.24, 2.45) is 0 Å². The molecule has 4 rings (SSSR count). The van der Waals surface area contributed by atoms with Crippen molar-refractivity contribution in [1.29, 1.82) is 0 Å². The summed E-state index contributed by atoms with van der Waals surface area (Å²) in [6.07, 6.45) is 5.93. The van der Waals surface area contributed by atoms with Gasteiger partial charge in [0.2, 0.25) is 0 Å². The van der Waals surface area contributed by atoms with Crippen LogP contribution in [0.4, 0.5) is 5.82 Å². The van der Waals surface area contributed by atoms with Gasteiger partial charge < -0.3 is 9.62 Å². The van der Waals surface area contributed by atoms with Crippen LogP contribution in [0.5, 0.6) is 0 Å². The Labute approximate surface area is 130 Å². The van der Waals surface area contributed by atoms with Gasteiger partial charge in [-0.25, -0.2) is 4.98 Å². The number of anilines is 1. The summed E-state index contributed by atoms with van der Waals surface area (Å²) in [5.74, 6) is 0.921. The maximum Gasteiger partial charge on any atom is 0.396 e. The minimum absolute atomic E-state index is 0.921. The van der Waals surface area contributed by atoms with Crippen molar-refractivity contribution < 1.29 is 0 Å². The van der Waals surface area contributed by atoms with Crippen molar-refractivity contribution >= 4 is 24.1 Å². The van der Waals surface area contributed by atoms with E-state index in [2.05, 4.69) is 53.5 Å². The van der Waals surface area contributed by atoms with Crippen LogP contribution in [0.25, 0.3) is 21.9 Å². The number of hydrogen-bond donors (Lipinski definition) is 0. The molecule has 0 bridgehead atoms. The first-order valence-electron chi connectivity index (χ1n) is 7.28. The molecule has 1 aliphatic rings. The Bertz CT molecular complexity index is 842. The Kier molecular flexibility index (Phi) is 3.08. The molecule has 4 heteroatoms. The van der Waals surface area contributed by atoms with E-state index in [-0.39, 0.29) is 0 Å². The van der Waals surface area contributed by atoms with E-state index in [0.717, 1.165) is 11.4 Å². The van der Waals surface area contributed by atoms with Crippen LogP contribution in [0.1, 0.15) is 0 Å². The molecule has 1 aromatic heterocycles. The monoisotopic (exact) mass is 284 g/mol. The molecule has 0 saturated heterocycles. The largest absolute Gasteiger partial charge is 0.406 e. The van der Waals surface area contributed by atoms with Crippen molar-refractivity contribution in [3.05, 3.63) is 73.2 Å². The van der Waals surface area contributed by atoms with Crippen molar-refractivity contribution in [2.45, 2.75) is 0 Å². The van der Waals surface area contributed by atoms with E-state index in [1.165, 1.54) is 16.3 Å². The van der Waals surface area contributed by atoms with Gasteiger partial charge >= 0.3 is 7.55 Å². The first kappa shape index (κ1) is 13.0. The molecular weight excluding hydrogens is 269 g/mol. The Hall–Kier alpha value is -2.75. The molecule has 0 N–H and O–H groups in total. The molecule has 2 heterocycles. The fourth-order valence-electron chi connectivity index (χ4n) is 2.66. The highest BCUT2D eigenvalue weighted by Crippen LogP contribution is 2.25. The first-order valence-corrected chi connectivity index (χ1v) is 7.28. The fraction of sp³-hybridized carbons (Fsp3) is 0.0556. The summed E-state index contributed by atoms with van der Waals surface area (Å²) in [5.41, 5.74) is 2.32. The number of rotatable bonds is 2. The van der Waals surface area contributed by atoms with Crippen LogP contribution in [0, 0.1) is 0 Å². The van der Waals surface area contributed by atoms with Crippen LogP contribution in [-0.4, -0.2) is 24.4 Å². The second-order valence-electron chi connectivity index (χ2n) is 5.45. The van der Waals surface area contributed by atoms with Gasteiger partial charge in [0.25, 0.3) is 0 Å². The summed E-state index contributed by atoms with van der Waals surface area (Å²) in [4.78, 5) is 8.57. The van der Waals surface area contributed by atoms with Gasteiger partial charge in [-0.1, -0.05) is 36.4 Å². The summed E-state index contributed by atoms with van der Waals surface area (Å²) in [5, 5.41) is 2.51. The third-order valence-corrected chi connectivity index (χ3v) is 3.86. The van der Waals surface area contributed by atoms with Crippen LogP contribution in [0.2, 0.25) is 0 Å². The molecule has 0 aliphatic carbocycles. The first-order chi connectivity index (χ1) is 10.8. The number of fused-ring (bicyclic) bond motifs is 1. The van der Waals surface area contributed by atoms with E-state index in [1.807, 2.05) is 48.9 Å². The molecule has 0 saturated carbocycles. The van der Waals surface area contributed by atoms with Gasteiger partial charge in [0.05, 0.1) is 0 Å². The standard InChI is InChI=1S/C18H15BN3/c1-21-10-11-22(19-21)18-9-8-17(13-20-18)16-7-6-14-4-2-3-5-15(14)12-16/h2-13H,1H3. The van der Waals surface area contributed by atoms with E-state index in [4.69, 9.17) is 0 Å². The van der Waals surface area contributed by atoms with Crippen molar-refractivity contribution in [3.63, 3.8) is 0 Å². The number of benzene rings is 2. The Balaban J connectivity index is 1.65. The molecule has 2 aromatic carbocycles. The molecule has 0 unspecified atom stereocenters. The van der Waals surface area contributed by atoms with Crippen LogP contribution < -0.4 is 4.81 Å². The Morgan fingerprint density at radius 1 is 0.864 bits per heavy atom. The maximum absolute atomic E-state index is 4.57. The zero-order chi connectivity index (χ0) is 14.9. The molecule has 3 nitrogen and oxygen atoms in total. The second-order valence-corrected chi connectivity index (χ2v) is 5.45. The molecule has 1 aliphatic heterocycles. The smallest absolute Gasteiger partial charge is 0.396 e. The Morgan fingerprint density at radius 2 is 1.68 bits per heavy atom. The highest BCUT2D eigenvalue weighted by atomic mass is 15.2.